The van der Waals surface area contributed by atoms with E-state index >= 15 is 0 Å². The molecule has 2 N–H and O–H groups in total. The fraction of sp³-hybridized carbons (Fsp3) is 0.0690. The number of methoxy groups -OCH3 is 1. The second-order valence-corrected chi connectivity index (χ2v) is 9.16. The van der Waals surface area contributed by atoms with Crippen molar-refractivity contribution < 1.29 is 37.8 Å². The van der Waals surface area contributed by atoms with Crippen molar-refractivity contribution in [1.29, 1.82) is 0 Å². The van der Waals surface area contributed by atoms with Crippen LogP contribution in [0, 0.1) is 0 Å². The maximum Gasteiger partial charge on any atom is 0.379 e. The van der Waals surface area contributed by atoms with Crippen LogP contribution in [0.4, 0.5) is 5.69 Å². The van der Waals surface area contributed by atoms with Gasteiger partial charge in [0.1, 0.15) is 5.75 Å². The topological polar surface area (TPSA) is 146 Å². The Morgan fingerprint density at radius 1 is 0.854 bits per heavy atom. The van der Waals surface area contributed by atoms with E-state index in [-0.39, 0.29) is 34.1 Å². The number of hydrogen-bond acceptors (Lipinski definition) is 9. The third-order valence-corrected chi connectivity index (χ3v) is 5.82. The Labute approximate surface area is 242 Å². The van der Waals surface area contributed by atoms with Gasteiger partial charge in [0.25, 0.3) is 11.8 Å². The van der Waals surface area contributed by atoms with Crippen LogP contribution in [0.15, 0.2) is 93.1 Å². The number of halogens is 1. The molecule has 0 aliphatic heterocycles. The number of rotatable bonds is 9. The molecule has 12 heteroatoms. The predicted molar refractivity (Wildman–Crippen MR) is 152 cm³/mol. The number of nitrogens with one attached hydrogen (secondary N) is 2. The molecule has 3 aromatic carbocycles. The number of carbonyl (C=O) groups is 4. The molecule has 1 aromatic heterocycles. The summed E-state index contributed by atoms with van der Waals surface area (Å²) in [6.45, 7) is 1.26. The third-order valence-electron chi connectivity index (χ3n) is 5.33. The average molecular weight is 620 g/mol. The average Bonchev–Trinajstić information content (AvgIpc) is 3.50. The van der Waals surface area contributed by atoms with E-state index in [2.05, 4.69) is 31.8 Å². The van der Waals surface area contributed by atoms with Crippen LogP contribution in [0.5, 0.6) is 17.2 Å². The first kappa shape index (κ1) is 28.8. The number of esters is 2. The minimum Gasteiger partial charge on any atom is -0.493 e. The Kier molecular flexibility index (Phi) is 9.28. The highest BCUT2D eigenvalue weighted by atomic mass is 79.9. The number of amides is 2. The Morgan fingerprint density at radius 2 is 1.63 bits per heavy atom. The predicted octanol–water partition coefficient (Wildman–Crippen LogP) is 5.21. The van der Waals surface area contributed by atoms with Crippen molar-refractivity contribution in [3.05, 3.63) is 106 Å². The molecule has 0 unspecified atom stereocenters. The maximum atomic E-state index is 12.8. The van der Waals surface area contributed by atoms with Gasteiger partial charge in [-0.2, -0.15) is 5.10 Å². The van der Waals surface area contributed by atoms with Gasteiger partial charge in [-0.3, -0.25) is 14.4 Å². The molecule has 0 saturated heterocycles. The quantitative estimate of drug-likeness (QED) is 0.112. The summed E-state index contributed by atoms with van der Waals surface area (Å²) in [6.07, 6.45) is 2.68. The molecule has 0 fully saturated rings. The normalized spacial score (nSPS) is 10.6. The molecule has 4 rings (SSSR count). The zero-order chi connectivity index (χ0) is 29.4. The van der Waals surface area contributed by atoms with Crippen molar-refractivity contribution in [3.63, 3.8) is 0 Å². The molecule has 0 aliphatic rings. The first-order valence-corrected chi connectivity index (χ1v) is 12.7. The minimum atomic E-state index is -0.686. The van der Waals surface area contributed by atoms with E-state index in [1.54, 1.807) is 42.5 Å². The second-order valence-electron chi connectivity index (χ2n) is 8.24. The zero-order valence-corrected chi connectivity index (χ0v) is 23.3. The fourth-order valence-electron chi connectivity index (χ4n) is 3.47. The van der Waals surface area contributed by atoms with Gasteiger partial charge in [-0.25, -0.2) is 10.2 Å². The van der Waals surface area contributed by atoms with Crippen molar-refractivity contribution in [2.45, 2.75) is 6.92 Å². The van der Waals surface area contributed by atoms with Crippen molar-refractivity contribution >= 4 is 51.6 Å². The molecular weight excluding hydrogens is 598 g/mol. The van der Waals surface area contributed by atoms with Crippen LogP contribution < -0.4 is 25.0 Å². The van der Waals surface area contributed by atoms with Crippen molar-refractivity contribution in [1.82, 2.24) is 5.43 Å². The van der Waals surface area contributed by atoms with Gasteiger partial charge >= 0.3 is 11.9 Å². The number of furan rings is 1. The van der Waals surface area contributed by atoms with Crippen LogP contribution in [-0.4, -0.2) is 37.1 Å². The van der Waals surface area contributed by atoms with Gasteiger partial charge in [0, 0.05) is 33.8 Å². The molecule has 4 aromatic rings. The Bertz CT molecular complexity index is 1630. The molecule has 0 bridgehead atoms. The molecule has 0 saturated carbocycles. The number of nitrogens with zero attached hydrogens (tertiary/aromatic N) is 1. The third kappa shape index (κ3) is 7.67. The lowest BCUT2D eigenvalue weighted by Gasteiger charge is -2.11. The molecule has 0 spiro atoms. The second kappa shape index (κ2) is 13.2. The first-order chi connectivity index (χ1) is 19.7. The summed E-state index contributed by atoms with van der Waals surface area (Å²) >= 11 is 3.35. The van der Waals surface area contributed by atoms with Crippen molar-refractivity contribution in [3.8, 4) is 17.2 Å². The number of ether oxygens (including phenoxy) is 3. The fourth-order valence-corrected chi connectivity index (χ4v) is 3.85. The van der Waals surface area contributed by atoms with Crippen LogP contribution in [0.25, 0.3) is 0 Å². The van der Waals surface area contributed by atoms with Crippen molar-refractivity contribution in [2.75, 3.05) is 12.4 Å². The summed E-state index contributed by atoms with van der Waals surface area (Å²) in [5.41, 5.74) is 3.65. The molecule has 208 valence electrons. The summed E-state index contributed by atoms with van der Waals surface area (Å²) in [7, 11) is 1.39. The van der Waals surface area contributed by atoms with Gasteiger partial charge in [0.05, 0.1) is 19.6 Å². The van der Waals surface area contributed by atoms with Gasteiger partial charge in [0.2, 0.25) is 5.76 Å². The Morgan fingerprint density at radius 3 is 2.37 bits per heavy atom. The van der Waals surface area contributed by atoms with Crippen molar-refractivity contribution in [2.24, 2.45) is 5.10 Å². The van der Waals surface area contributed by atoms with Crippen LogP contribution in [-0.2, 0) is 4.79 Å². The lowest BCUT2D eigenvalue weighted by Crippen LogP contribution is -2.18. The van der Waals surface area contributed by atoms with Crippen LogP contribution in [0.3, 0.4) is 0 Å². The SMILES string of the molecule is COc1cc(C(=O)Nc2cccc(C(=O)NN=Cc3cc(Br)ccc3OC(=O)c3ccco3)c2)ccc1OC(C)=O. The first-order valence-electron chi connectivity index (χ1n) is 11.9. The van der Waals surface area contributed by atoms with Gasteiger partial charge in [-0.1, -0.05) is 22.0 Å². The summed E-state index contributed by atoms with van der Waals surface area (Å²) in [5.74, 6) is -1.60. The highest BCUT2D eigenvalue weighted by molar-refractivity contribution is 9.10. The van der Waals surface area contributed by atoms with E-state index < -0.39 is 23.8 Å². The number of anilines is 1. The van der Waals surface area contributed by atoms with E-state index in [1.165, 1.54) is 56.8 Å². The highest BCUT2D eigenvalue weighted by Crippen LogP contribution is 2.29. The minimum absolute atomic E-state index is 0.0363. The zero-order valence-electron chi connectivity index (χ0n) is 21.7. The lowest BCUT2D eigenvalue weighted by molar-refractivity contribution is -0.132. The molecule has 41 heavy (non-hydrogen) atoms. The number of carbonyl (C=O) groups excluding carboxylic acids is 4. The number of hydrazone groups is 1. The van der Waals surface area contributed by atoms with Gasteiger partial charge in [0.15, 0.2) is 11.5 Å². The number of benzene rings is 3. The molecular formula is C29H22BrN3O8. The van der Waals surface area contributed by atoms with E-state index in [0.29, 0.717) is 15.7 Å². The maximum absolute atomic E-state index is 12.8. The van der Waals surface area contributed by atoms with Gasteiger partial charge in [-0.15, -0.1) is 0 Å². The van der Waals surface area contributed by atoms with Crippen LogP contribution in [0.2, 0.25) is 0 Å². The monoisotopic (exact) mass is 619 g/mol. The van der Waals surface area contributed by atoms with Gasteiger partial charge in [-0.05, 0) is 66.7 Å². The molecule has 1 heterocycles. The smallest absolute Gasteiger partial charge is 0.379 e. The standard InChI is InChI=1S/C29H22BrN3O8/c1-17(34)40-24-10-8-19(15-26(24)38-2)27(35)32-22-6-3-5-18(14-22)28(36)33-31-16-20-13-21(30)9-11-23(20)41-29(37)25-7-4-12-39-25/h3-16H,1-2H3,(H,32,35)(H,33,36). The van der Waals surface area contributed by atoms with E-state index in [1.807, 2.05) is 0 Å². The van der Waals surface area contributed by atoms with E-state index in [0.717, 1.165) is 0 Å². The Balaban J connectivity index is 1.42. The summed E-state index contributed by atoms with van der Waals surface area (Å²) in [6, 6.07) is 18.5. The molecule has 0 aliphatic carbocycles. The number of hydrogen-bond donors (Lipinski definition) is 2. The van der Waals surface area contributed by atoms with Gasteiger partial charge < -0.3 is 23.9 Å². The Hall–Kier alpha value is -5.23. The highest BCUT2D eigenvalue weighted by Gasteiger charge is 2.15. The van der Waals surface area contributed by atoms with E-state index in [4.69, 9.17) is 18.6 Å². The summed E-state index contributed by atoms with van der Waals surface area (Å²) in [4.78, 5) is 49.0. The molecule has 2 amide bonds. The lowest BCUT2D eigenvalue weighted by atomic mass is 10.1. The molecule has 11 nitrogen and oxygen atoms in total. The summed E-state index contributed by atoms with van der Waals surface area (Å²) in [5, 5.41) is 6.69. The van der Waals surface area contributed by atoms with Crippen LogP contribution >= 0.6 is 15.9 Å². The summed E-state index contributed by atoms with van der Waals surface area (Å²) < 4.78 is 21.4. The molecule has 0 radical (unpaired) electrons. The van der Waals surface area contributed by atoms with E-state index in [9.17, 15) is 19.2 Å². The van der Waals surface area contributed by atoms with Crippen LogP contribution in [0.1, 0.15) is 43.8 Å². The molecule has 0 atom stereocenters. The largest absolute Gasteiger partial charge is 0.493 e.